The maximum atomic E-state index is 11.1. The Bertz CT molecular complexity index is 417. The van der Waals surface area contributed by atoms with Crippen LogP contribution >= 0.6 is 0 Å². The van der Waals surface area contributed by atoms with Gasteiger partial charge >= 0.3 is 5.97 Å². The monoisotopic (exact) mass is 247 g/mol. The van der Waals surface area contributed by atoms with Crippen molar-refractivity contribution >= 4 is 11.7 Å². The van der Waals surface area contributed by atoms with E-state index in [1.807, 2.05) is 24.3 Å². The minimum Gasteiger partial charge on any atom is -0.482 e. The number of hydrogen-bond donors (Lipinski definition) is 0. The number of anilines is 1. The lowest BCUT2D eigenvalue weighted by Gasteiger charge is -2.17. The number of esters is 1. The number of rotatable bonds is 5. The van der Waals surface area contributed by atoms with Gasteiger partial charge in [-0.25, -0.2) is 4.79 Å². The van der Waals surface area contributed by atoms with Crippen molar-refractivity contribution in [1.82, 2.24) is 0 Å². The Morgan fingerprint density at radius 3 is 2.50 bits per heavy atom. The van der Waals surface area contributed by atoms with Crippen molar-refractivity contribution in [2.24, 2.45) is 0 Å². The predicted molar refractivity (Wildman–Crippen MR) is 69.9 cm³/mol. The number of carbonyl (C=O) groups excluding carboxylic acids is 1. The molecule has 0 atom stereocenters. The van der Waals surface area contributed by atoms with E-state index in [9.17, 15) is 4.79 Å². The second-order valence-corrected chi connectivity index (χ2v) is 3.96. The summed E-state index contributed by atoms with van der Waals surface area (Å²) < 4.78 is 10.1. The van der Waals surface area contributed by atoms with Crippen LogP contribution in [0.4, 0.5) is 5.69 Å². The maximum absolute atomic E-state index is 11.1. The van der Waals surface area contributed by atoms with Crippen LogP contribution in [0.3, 0.4) is 0 Å². The second-order valence-electron chi connectivity index (χ2n) is 3.96. The number of hydrogen-bond acceptors (Lipinski definition) is 4. The molecule has 0 bridgehead atoms. The molecule has 1 heterocycles. The number of nitrogens with zero attached hydrogens (tertiary/aromatic N) is 1. The third-order valence-electron chi connectivity index (χ3n) is 2.68. The van der Waals surface area contributed by atoms with E-state index in [0.29, 0.717) is 12.4 Å². The van der Waals surface area contributed by atoms with Gasteiger partial charge in [0.05, 0.1) is 6.61 Å². The van der Waals surface area contributed by atoms with Gasteiger partial charge in [-0.05, 0) is 31.2 Å². The average molecular weight is 247 g/mol. The van der Waals surface area contributed by atoms with Crippen LogP contribution < -0.4 is 9.64 Å². The van der Waals surface area contributed by atoms with E-state index in [2.05, 4.69) is 17.1 Å². The molecule has 0 amide bonds. The van der Waals surface area contributed by atoms with Crippen molar-refractivity contribution < 1.29 is 14.3 Å². The fourth-order valence-electron chi connectivity index (χ4n) is 1.79. The van der Waals surface area contributed by atoms with Crippen LogP contribution in [0.2, 0.25) is 0 Å². The number of benzene rings is 1. The Morgan fingerprint density at radius 1 is 1.22 bits per heavy atom. The Kier molecular flexibility index (Phi) is 4.23. The standard InChI is InChI=1S/C14H17NO3/c1-2-17-14(16)11-18-13-7-5-12(6-8-13)15-9-3-4-10-15/h3-8H,2,9-11H2,1H3. The molecular weight excluding hydrogens is 230 g/mol. The van der Waals surface area contributed by atoms with Gasteiger partial charge in [0, 0.05) is 18.8 Å². The van der Waals surface area contributed by atoms with Gasteiger partial charge in [-0.15, -0.1) is 0 Å². The molecule has 1 aromatic carbocycles. The average Bonchev–Trinajstić information content (AvgIpc) is 2.91. The molecule has 0 fully saturated rings. The SMILES string of the molecule is CCOC(=O)COc1ccc(N2CC=CC2)cc1. The quantitative estimate of drug-likeness (QED) is 0.589. The van der Waals surface area contributed by atoms with E-state index in [1.54, 1.807) is 6.92 Å². The first kappa shape index (κ1) is 12.5. The summed E-state index contributed by atoms with van der Waals surface area (Å²) in [5.74, 6) is 0.337. The molecule has 0 N–H and O–H groups in total. The Hall–Kier alpha value is -1.97. The lowest BCUT2D eigenvalue weighted by atomic mass is 10.3. The molecule has 0 aliphatic carbocycles. The lowest BCUT2D eigenvalue weighted by molar-refractivity contribution is -0.145. The molecule has 2 rings (SSSR count). The fourth-order valence-corrected chi connectivity index (χ4v) is 1.79. The Balaban J connectivity index is 1.85. The van der Waals surface area contributed by atoms with Gasteiger partial charge in [-0.3, -0.25) is 0 Å². The highest BCUT2D eigenvalue weighted by molar-refractivity contribution is 5.71. The highest BCUT2D eigenvalue weighted by Crippen LogP contribution is 2.20. The minimum atomic E-state index is -0.342. The van der Waals surface area contributed by atoms with Crippen molar-refractivity contribution in [2.45, 2.75) is 6.92 Å². The number of carbonyl (C=O) groups is 1. The summed E-state index contributed by atoms with van der Waals surface area (Å²) in [5, 5.41) is 0. The number of ether oxygens (including phenoxy) is 2. The molecule has 0 radical (unpaired) electrons. The molecule has 96 valence electrons. The Morgan fingerprint density at radius 2 is 1.89 bits per heavy atom. The van der Waals surface area contributed by atoms with Crippen LogP contribution in [-0.2, 0) is 9.53 Å². The maximum Gasteiger partial charge on any atom is 0.344 e. The molecule has 18 heavy (non-hydrogen) atoms. The van der Waals surface area contributed by atoms with Gasteiger partial charge < -0.3 is 14.4 Å². The first-order chi connectivity index (χ1) is 8.79. The third-order valence-corrected chi connectivity index (χ3v) is 2.68. The molecule has 1 aromatic rings. The summed E-state index contributed by atoms with van der Waals surface area (Å²) in [5.41, 5.74) is 1.16. The van der Waals surface area contributed by atoms with Crippen molar-refractivity contribution in [3.63, 3.8) is 0 Å². The van der Waals surface area contributed by atoms with Crippen LogP contribution in [0, 0.1) is 0 Å². The largest absolute Gasteiger partial charge is 0.482 e. The summed E-state index contributed by atoms with van der Waals surface area (Å²) in [6.45, 7) is 4.00. The van der Waals surface area contributed by atoms with Crippen molar-refractivity contribution in [3.8, 4) is 5.75 Å². The van der Waals surface area contributed by atoms with E-state index >= 15 is 0 Å². The summed E-state index contributed by atoms with van der Waals surface area (Å²) >= 11 is 0. The first-order valence-electron chi connectivity index (χ1n) is 6.08. The van der Waals surface area contributed by atoms with Gasteiger partial charge in [-0.1, -0.05) is 12.2 Å². The van der Waals surface area contributed by atoms with E-state index in [0.717, 1.165) is 18.8 Å². The summed E-state index contributed by atoms with van der Waals surface area (Å²) in [6.07, 6.45) is 4.29. The van der Waals surface area contributed by atoms with E-state index in [1.165, 1.54) is 0 Å². The van der Waals surface area contributed by atoms with Gasteiger partial charge in [0.1, 0.15) is 5.75 Å². The molecule has 4 nitrogen and oxygen atoms in total. The highest BCUT2D eigenvalue weighted by Gasteiger charge is 2.08. The van der Waals surface area contributed by atoms with Gasteiger partial charge in [0.15, 0.2) is 6.61 Å². The van der Waals surface area contributed by atoms with Gasteiger partial charge in [0.25, 0.3) is 0 Å². The lowest BCUT2D eigenvalue weighted by Crippen LogP contribution is -2.18. The van der Waals surface area contributed by atoms with Crippen LogP contribution in [-0.4, -0.2) is 32.3 Å². The van der Waals surface area contributed by atoms with E-state index in [-0.39, 0.29) is 12.6 Å². The fraction of sp³-hybridized carbons (Fsp3) is 0.357. The summed E-state index contributed by atoms with van der Waals surface area (Å²) in [7, 11) is 0. The van der Waals surface area contributed by atoms with E-state index < -0.39 is 0 Å². The van der Waals surface area contributed by atoms with Crippen LogP contribution in [0.5, 0.6) is 5.75 Å². The molecule has 0 aromatic heterocycles. The van der Waals surface area contributed by atoms with E-state index in [4.69, 9.17) is 9.47 Å². The van der Waals surface area contributed by atoms with Crippen molar-refractivity contribution in [1.29, 1.82) is 0 Å². The summed E-state index contributed by atoms with van der Waals surface area (Å²) in [4.78, 5) is 13.4. The zero-order valence-corrected chi connectivity index (χ0v) is 10.5. The van der Waals surface area contributed by atoms with Crippen LogP contribution in [0.1, 0.15) is 6.92 Å². The van der Waals surface area contributed by atoms with Crippen molar-refractivity contribution in [2.75, 3.05) is 31.2 Å². The summed E-state index contributed by atoms with van der Waals surface area (Å²) in [6, 6.07) is 7.72. The molecular formula is C14H17NO3. The van der Waals surface area contributed by atoms with Crippen LogP contribution in [0.15, 0.2) is 36.4 Å². The second kappa shape index (κ2) is 6.10. The molecule has 1 aliphatic heterocycles. The zero-order valence-electron chi connectivity index (χ0n) is 10.5. The molecule has 0 saturated heterocycles. The molecule has 1 aliphatic rings. The Labute approximate surface area is 107 Å². The topological polar surface area (TPSA) is 38.8 Å². The third kappa shape index (κ3) is 3.26. The molecule has 0 unspecified atom stereocenters. The predicted octanol–water partition coefficient (Wildman–Crippen LogP) is 2.00. The molecule has 0 saturated carbocycles. The van der Waals surface area contributed by atoms with Crippen LogP contribution in [0.25, 0.3) is 0 Å². The van der Waals surface area contributed by atoms with Gasteiger partial charge in [-0.2, -0.15) is 0 Å². The van der Waals surface area contributed by atoms with Crippen molar-refractivity contribution in [3.05, 3.63) is 36.4 Å². The zero-order chi connectivity index (χ0) is 12.8. The highest BCUT2D eigenvalue weighted by atomic mass is 16.6. The smallest absolute Gasteiger partial charge is 0.344 e. The minimum absolute atomic E-state index is 0.0432. The molecule has 0 spiro atoms. The first-order valence-corrected chi connectivity index (χ1v) is 6.08. The normalized spacial score (nSPS) is 13.7. The molecule has 4 heteroatoms. The van der Waals surface area contributed by atoms with Gasteiger partial charge in [0.2, 0.25) is 0 Å².